The van der Waals surface area contributed by atoms with Crippen molar-refractivity contribution in [1.29, 1.82) is 0 Å². The van der Waals surface area contributed by atoms with Crippen LogP contribution >= 0.6 is 0 Å². The highest BCUT2D eigenvalue weighted by Crippen LogP contribution is 2.18. The third kappa shape index (κ3) is 4.96. The van der Waals surface area contributed by atoms with Gasteiger partial charge in [0.1, 0.15) is 0 Å². The molecule has 0 heterocycles. The molecule has 0 aliphatic rings. The van der Waals surface area contributed by atoms with Crippen molar-refractivity contribution in [3.63, 3.8) is 0 Å². The van der Waals surface area contributed by atoms with Crippen LogP contribution < -0.4 is 0 Å². The van der Waals surface area contributed by atoms with E-state index in [-0.39, 0.29) is 23.9 Å². The average Bonchev–Trinajstić information content (AvgIpc) is 2.62. The molecule has 1 unspecified atom stereocenters. The molecule has 22 heavy (non-hydrogen) atoms. The minimum absolute atomic E-state index is 0.0294. The third-order valence-electron chi connectivity index (χ3n) is 3.45. The fourth-order valence-electron chi connectivity index (χ4n) is 2.23. The number of Topliss-reactive ketones (excluding diaryl/α,β-unsaturated/α-hetero) is 2. The molecular formula is C20H24O2. The summed E-state index contributed by atoms with van der Waals surface area (Å²) in [6.07, 6.45) is 0.945. The fraction of sp³-hybridized carbons (Fsp3) is 0.300. The summed E-state index contributed by atoms with van der Waals surface area (Å²) in [5.74, 6) is -0.163. The number of benzene rings is 2. The van der Waals surface area contributed by atoms with Gasteiger partial charge >= 0.3 is 0 Å². The molecule has 116 valence electrons. The van der Waals surface area contributed by atoms with E-state index in [1.807, 2.05) is 57.2 Å². The fourth-order valence-corrected chi connectivity index (χ4v) is 2.23. The van der Waals surface area contributed by atoms with E-state index in [1.54, 1.807) is 24.3 Å². The van der Waals surface area contributed by atoms with Crippen LogP contribution in [0.15, 0.2) is 60.7 Å². The van der Waals surface area contributed by atoms with Gasteiger partial charge in [0.15, 0.2) is 11.6 Å². The van der Waals surface area contributed by atoms with Crippen LogP contribution in [0.1, 0.15) is 54.3 Å². The number of carbonyl (C=O) groups is 2. The summed E-state index contributed by atoms with van der Waals surface area (Å²) in [5.41, 5.74) is 1.35. The highest BCUT2D eigenvalue weighted by molar-refractivity contribution is 6.03. The van der Waals surface area contributed by atoms with Crippen LogP contribution in [0.25, 0.3) is 0 Å². The van der Waals surface area contributed by atoms with Crippen LogP contribution in [0.3, 0.4) is 0 Å². The molecule has 0 aromatic heterocycles. The van der Waals surface area contributed by atoms with Crippen LogP contribution in [-0.4, -0.2) is 11.6 Å². The Balaban J connectivity index is 0.00000116. The average molecular weight is 296 g/mol. The van der Waals surface area contributed by atoms with Gasteiger partial charge in [-0.3, -0.25) is 9.59 Å². The highest BCUT2D eigenvalue weighted by Gasteiger charge is 2.21. The molecule has 2 rings (SSSR count). The third-order valence-corrected chi connectivity index (χ3v) is 3.45. The molecule has 0 saturated heterocycles. The minimum Gasteiger partial charge on any atom is -0.294 e. The molecule has 0 bridgehead atoms. The summed E-state index contributed by atoms with van der Waals surface area (Å²) in [6.45, 7) is 5.95. The van der Waals surface area contributed by atoms with Crippen LogP contribution in [0.2, 0.25) is 0 Å². The van der Waals surface area contributed by atoms with E-state index in [9.17, 15) is 9.59 Å². The second kappa shape index (κ2) is 9.67. The Bertz CT molecular complexity index is 573. The molecule has 2 nitrogen and oxygen atoms in total. The van der Waals surface area contributed by atoms with E-state index in [0.29, 0.717) is 17.5 Å². The maximum absolute atomic E-state index is 12.4. The zero-order valence-corrected chi connectivity index (χ0v) is 13.6. The predicted molar refractivity (Wildman–Crippen MR) is 91.3 cm³/mol. The first-order valence-corrected chi connectivity index (χ1v) is 7.90. The lowest BCUT2D eigenvalue weighted by molar-refractivity contribution is 0.0849. The molecule has 0 saturated carbocycles. The number of hydrogen-bond acceptors (Lipinski definition) is 2. The van der Waals surface area contributed by atoms with Gasteiger partial charge in [-0.15, -0.1) is 0 Å². The van der Waals surface area contributed by atoms with Crippen LogP contribution in [0, 0.1) is 5.92 Å². The lowest BCUT2D eigenvalue weighted by atomic mass is 9.89. The quantitative estimate of drug-likeness (QED) is 0.687. The molecule has 0 aliphatic carbocycles. The van der Waals surface area contributed by atoms with E-state index >= 15 is 0 Å². The maximum atomic E-state index is 12.4. The predicted octanol–water partition coefficient (Wildman–Crippen LogP) is 5.19. The number of ketones is 2. The smallest absolute Gasteiger partial charge is 0.166 e. The molecular weight excluding hydrogens is 272 g/mol. The van der Waals surface area contributed by atoms with Gasteiger partial charge in [0.25, 0.3) is 0 Å². The largest absolute Gasteiger partial charge is 0.294 e. The first-order chi connectivity index (χ1) is 10.7. The molecule has 0 radical (unpaired) electrons. The van der Waals surface area contributed by atoms with E-state index in [4.69, 9.17) is 0 Å². The Morgan fingerprint density at radius 2 is 1.27 bits per heavy atom. The Morgan fingerprint density at radius 1 is 0.818 bits per heavy atom. The van der Waals surface area contributed by atoms with Crippen LogP contribution in [0.4, 0.5) is 0 Å². The van der Waals surface area contributed by atoms with Gasteiger partial charge in [-0.25, -0.2) is 0 Å². The van der Waals surface area contributed by atoms with Gasteiger partial charge < -0.3 is 0 Å². The topological polar surface area (TPSA) is 34.1 Å². The zero-order chi connectivity index (χ0) is 16.4. The van der Waals surface area contributed by atoms with Crippen LogP contribution in [0.5, 0.6) is 0 Å². The summed E-state index contributed by atoms with van der Waals surface area (Å²) < 4.78 is 0. The second-order valence-electron chi connectivity index (χ2n) is 4.83. The Hall–Kier alpha value is -2.22. The summed E-state index contributed by atoms with van der Waals surface area (Å²) in [5, 5.41) is 0. The van der Waals surface area contributed by atoms with Crippen molar-refractivity contribution in [1.82, 2.24) is 0 Å². The summed E-state index contributed by atoms with van der Waals surface area (Å²) in [7, 11) is 0. The van der Waals surface area contributed by atoms with Gasteiger partial charge in [0.05, 0.1) is 0 Å². The van der Waals surface area contributed by atoms with Gasteiger partial charge in [0, 0.05) is 23.5 Å². The number of carbonyl (C=O) groups excluding carboxylic acids is 2. The SMILES string of the molecule is CC.CCC(CC(=O)c1ccccc1)C(=O)c1ccccc1. The van der Waals surface area contributed by atoms with Crippen molar-refractivity contribution in [2.24, 2.45) is 5.92 Å². The molecule has 0 N–H and O–H groups in total. The van der Waals surface area contributed by atoms with Crippen molar-refractivity contribution < 1.29 is 9.59 Å². The van der Waals surface area contributed by atoms with Gasteiger partial charge in [-0.05, 0) is 6.42 Å². The maximum Gasteiger partial charge on any atom is 0.166 e. The minimum atomic E-state index is -0.245. The van der Waals surface area contributed by atoms with Crippen molar-refractivity contribution in [3.8, 4) is 0 Å². The number of rotatable bonds is 6. The molecule has 2 aromatic rings. The summed E-state index contributed by atoms with van der Waals surface area (Å²) in [6, 6.07) is 18.3. The van der Waals surface area contributed by atoms with E-state index in [1.165, 1.54) is 0 Å². The molecule has 2 heteroatoms. The zero-order valence-electron chi connectivity index (χ0n) is 13.6. The van der Waals surface area contributed by atoms with Gasteiger partial charge in [-0.2, -0.15) is 0 Å². The Morgan fingerprint density at radius 3 is 1.73 bits per heavy atom. The van der Waals surface area contributed by atoms with E-state index in [2.05, 4.69) is 0 Å². The monoisotopic (exact) mass is 296 g/mol. The van der Waals surface area contributed by atoms with Gasteiger partial charge in [-0.1, -0.05) is 81.4 Å². The Kier molecular flexibility index (Phi) is 7.84. The molecule has 0 fully saturated rings. The van der Waals surface area contributed by atoms with Crippen molar-refractivity contribution >= 4 is 11.6 Å². The lowest BCUT2D eigenvalue weighted by Gasteiger charge is -2.13. The molecule has 0 spiro atoms. The van der Waals surface area contributed by atoms with Crippen LogP contribution in [-0.2, 0) is 0 Å². The normalized spacial score (nSPS) is 11.0. The first-order valence-electron chi connectivity index (χ1n) is 7.90. The van der Waals surface area contributed by atoms with Crippen molar-refractivity contribution in [3.05, 3.63) is 71.8 Å². The number of hydrogen-bond donors (Lipinski definition) is 0. The van der Waals surface area contributed by atoms with E-state index < -0.39 is 0 Å². The van der Waals surface area contributed by atoms with Crippen molar-refractivity contribution in [2.75, 3.05) is 0 Å². The molecule has 1 atom stereocenters. The summed E-state index contributed by atoms with van der Waals surface area (Å²) in [4.78, 5) is 24.6. The summed E-state index contributed by atoms with van der Waals surface area (Å²) >= 11 is 0. The Labute approximate surface area is 133 Å². The second-order valence-corrected chi connectivity index (χ2v) is 4.83. The van der Waals surface area contributed by atoms with Crippen molar-refractivity contribution in [2.45, 2.75) is 33.6 Å². The van der Waals surface area contributed by atoms with E-state index in [0.717, 1.165) is 0 Å². The first kappa shape index (κ1) is 17.8. The lowest BCUT2D eigenvalue weighted by Crippen LogP contribution is -2.18. The van der Waals surface area contributed by atoms with Gasteiger partial charge in [0.2, 0.25) is 0 Å². The highest BCUT2D eigenvalue weighted by atomic mass is 16.1. The standard InChI is InChI=1S/C18H18O2.C2H6/c1-2-14(18(20)16-11-7-4-8-12-16)13-17(19)15-9-5-3-6-10-15;1-2/h3-12,14H,2,13H2,1H3;1-2H3. The molecule has 2 aromatic carbocycles. The molecule has 0 aliphatic heterocycles. The molecule has 0 amide bonds.